The van der Waals surface area contributed by atoms with Crippen molar-refractivity contribution in [3.63, 3.8) is 0 Å². The number of anilines is 1. The molecule has 0 spiro atoms. The molecule has 7 heteroatoms. The molecule has 0 aromatic heterocycles. The number of nitro groups is 1. The Morgan fingerprint density at radius 3 is 2.52 bits per heavy atom. The minimum absolute atomic E-state index is 0.124. The Morgan fingerprint density at radius 1 is 1.24 bits per heavy atom. The third kappa shape index (κ3) is 3.65. The molecule has 6 nitrogen and oxygen atoms in total. The van der Waals surface area contributed by atoms with E-state index in [1.807, 2.05) is 6.07 Å². The van der Waals surface area contributed by atoms with E-state index in [9.17, 15) is 14.9 Å². The number of rotatable bonds is 4. The highest BCUT2D eigenvalue weighted by molar-refractivity contribution is 9.10. The second-order valence-electron chi connectivity index (χ2n) is 4.30. The van der Waals surface area contributed by atoms with Gasteiger partial charge in [0.2, 0.25) is 5.91 Å². The number of nitro benzene ring substituents is 1. The summed E-state index contributed by atoms with van der Waals surface area (Å²) in [5, 5.41) is 13.4. The first-order chi connectivity index (χ1) is 9.99. The lowest BCUT2D eigenvalue weighted by atomic mass is 10.1. The van der Waals surface area contributed by atoms with Gasteiger partial charge in [0.05, 0.1) is 9.40 Å². The predicted molar refractivity (Wildman–Crippen MR) is 82.8 cm³/mol. The number of carbonyl (C=O) groups excluding carboxylic acids is 1. The summed E-state index contributed by atoms with van der Waals surface area (Å²) in [6.07, 6.45) is 0. The molecule has 1 amide bonds. The SMILES string of the molecule is N[C@@H](C(=O)Nc1ccc(Br)c([N+](=O)[O-])c1)c1ccccc1. The third-order valence-electron chi connectivity index (χ3n) is 2.85. The number of nitrogens with one attached hydrogen (secondary N) is 1. The molecule has 0 fully saturated rings. The van der Waals surface area contributed by atoms with Crippen LogP contribution in [0, 0.1) is 10.1 Å². The van der Waals surface area contributed by atoms with Crippen LogP contribution < -0.4 is 11.1 Å². The number of hydrogen-bond acceptors (Lipinski definition) is 4. The maximum absolute atomic E-state index is 12.1. The molecule has 2 aromatic carbocycles. The lowest BCUT2D eigenvalue weighted by molar-refractivity contribution is -0.385. The molecule has 0 saturated carbocycles. The zero-order chi connectivity index (χ0) is 15.4. The zero-order valence-electron chi connectivity index (χ0n) is 10.8. The fourth-order valence-electron chi connectivity index (χ4n) is 1.76. The van der Waals surface area contributed by atoms with Crippen LogP contribution in [0.1, 0.15) is 11.6 Å². The van der Waals surface area contributed by atoms with Gasteiger partial charge in [-0.25, -0.2) is 0 Å². The van der Waals surface area contributed by atoms with Crippen molar-refractivity contribution in [1.82, 2.24) is 0 Å². The summed E-state index contributed by atoms with van der Waals surface area (Å²) < 4.78 is 0.345. The van der Waals surface area contributed by atoms with E-state index in [1.54, 1.807) is 30.3 Å². The molecule has 0 aliphatic rings. The Bertz CT molecular complexity index is 676. The zero-order valence-corrected chi connectivity index (χ0v) is 12.4. The van der Waals surface area contributed by atoms with Gasteiger partial charge >= 0.3 is 0 Å². The van der Waals surface area contributed by atoms with Crippen molar-refractivity contribution in [3.8, 4) is 0 Å². The van der Waals surface area contributed by atoms with Crippen molar-refractivity contribution in [1.29, 1.82) is 0 Å². The van der Waals surface area contributed by atoms with Crippen LogP contribution in [0.15, 0.2) is 53.0 Å². The highest BCUT2D eigenvalue weighted by atomic mass is 79.9. The lowest BCUT2D eigenvalue weighted by Crippen LogP contribution is -2.27. The van der Waals surface area contributed by atoms with E-state index in [0.29, 0.717) is 15.7 Å². The normalized spacial score (nSPS) is 11.7. The van der Waals surface area contributed by atoms with Gasteiger partial charge in [-0.1, -0.05) is 30.3 Å². The molecule has 3 N–H and O–H groups in total. The van der Waals surface area contributed by atoms with Crippen LogP contribution in [0.3, 0.4) is 0 Å². The van der Waals surface area contributed by atoms with E-state index in [0.717, 1.165) is 0 Å². The van der Waals surface area contributed by atoms with Gasteiger partial charge in [0.1, 0.15) is 6.04 Å². The van der Waals surface area contributed by atoms with Crippen molar-refractivity contribution >= 4 is 33.2 Å². The molecule has 2 aromatic rings. The molecule has 0 unspecified atom stereocenters. The van der Waals surface area contributed by atoms with E-state index in [1.165, 1.54) is 12.1 Å². The molecule has 0 radical (unpaired) electrons. The van der Waals surface area contributed by atoms with Crippen LogP contribution in [0.25, 0.3) is 0 Å². The molecule has 1 atom stereocenters. The van der Waals surface area contributed by atoms with Gasteiger partial charge in [0.25, 0.3) is 5.69 Å². The Morgan fingerprint density at radius 2 is 1.90 bits per heavy atom. The highest BCUT2D eigenvalue weighted by Gasteiger charge is 2.18. The van der Waals surface area contributed by atoms with Gasteiger partial charge < -0.3 is 11.1 Å². The molecule has 0 aliphatic carbocycles. The second kappa shape index (κ2) is 6.47. The number of nitrogens with zero attached hydrogens (tertiary/aromatic N) is 1. The smallest absolute Gasteiger partial charge is 0.285 e. The summed E-state index contributed by atoms with van der Waals surface area (Å²) in [6.45, 7) is 0. The molecule has 0 aliphatic heterocycles. The molecule has 0 heterocycles. The third-order valence-corrected chi connectivity index (χ3v) is 3.52. The molecular formula is C14H12BrN3O3. The van der Waals surface area contributed by atoms with Crippen molar-refractivity contribution in [3.05, 3.63) is 68.7 Å². The molecule has 108 valence electrons. The molecule has 21 heavy (non-hydrogen) atoms. The van der Waals surface area contributed by atoms with Gasteiger partial charge in [-0.05, 0) is 33.6 Å². The summed E-state index contributed by atoms with van der Waals surface area (Å²) in [5.41, 5.74) is 6.72. The number of hydrogen-bond donors (Lipinski definition) is 2. The average Bonchev–Trinajstić information content (AvgIpc) is 2.49. The quantitative estimate of drug-likeness (QED) is 0.654. The van der Waals surface area contributed by atoms with E-state index >= 15 is 0 Å². The maximum atomic E-state index is 12.1. The summed E-state index contributed by atoms with van der Waals surface area (Å²) in [7, 11) is 0. The predicted octanol–water partition coefficient (Wildman–Crippen LogP) is 3.00. The number of benzene rings is 2. The van der Waals surface area contributed by atoms with Crippen LogP contribution in [0.2, 0.25) is 0 Å². The van der Waals surface area contributed by atoms with Crippen LogP contribution >= 0.6 is 15.9 Å². The number of amides is 1. The van der Waals surface area contributed by atoms with Gasteiger partial charge in [0.15, 0.2) is 0 Å². The van der Waals surface area contributed by atoms with E-state index in [2.05, 4.69) is 21.2 Å². The van der Waals surface area contributed by atoms with Crippen LogP contribution in [0.5, 0.6) is 0 Å². The highest BCUT2D eigenvalue weighted by Crippen LogP contribution is 2.28. The van der Waals surface area contributed by atoms with Gasteiger partial charge in [-0.2, -0.15) is 0 Å². The maximum Gasteiger partial charge on any atom is 0.285 e. The first-order valence-corrected chi connectivity index (χ1v) is 6.83. The Kier molecular flexibility index (Phi) is 4.66. The van der Waals surface area contributed by atoms with Crippen molar-refractivity contribution < 1.29 is 9.72 Å². The average molecular weight is 350 g/mol. The topological polar surface area (TPSA) is 98.3 Å². The standard InChI is InChI=1S/C14H12BrN3O3/c15-11-7-6-10(8-12(11)18(20)21)17-14(19)13(16)9-4-2-1-3-5-9/h1-8,13H,16H2,(H,17,19)/t13-/m1/s1. The summed E-state index contributed by atoms with van der Waals surface area (Å²) in [4.78, 5) is 22.4. The first-order valence-electron chi connectivity index (χ1n) is 6.04. The Labute approximate surface area is 129 Å². The van der Waals surface area contributed by atoms with Crippen LogP contribution in [-0.2, 0) is 4.79 Å². The summed E-state index contributed by atoms with van der Waals surface area (Å²) in [6, 6.07) is 12.4. The fourth-order valence-corrected chi connectivity index (χ4v) is 2.15. The monoisotopic (exact) mass is 349 g/mol. The molecule has 2 rings (SSSR count). The Balaban J connectivity index is 2.16. The number of carbonyl (C=O) groups is 1. The van der Waals surface area contributed by atoms with Crippen molar-refractivity contribution in [2.75, 3.05) is 5.32 Å². The van der Waals surface area contributed by atoms with Crippen LogP contribution in [0.4, 0.5) is 11.4 Å². The molecule has 0 bridgehead atoms. The van der Waals surface area contributed by atoms with Gasteiger partial charge in [-0.15, -0.1) is 0 Å². The van der Waals surface area contributed by atoms with E-state index in [4.69, 9.17) is 5.73 Å². The molecular weight excluding hydrogens is 338 g/mol. The Hall–Kier alpha value is -2.25. The van der Waals surface area contributed by atoms with Crippen LogP contribution in [-0.4, -0.2) is 10.8 Å². The van der Waals surface area contributed by atoms with E-state index in [-0.39, 0.29) is 5.69 Å². The van der Waals surface area contributed by atoms with Gasteiger partial charge in [-0.3, -0.25) is 14.9 Å². The number of halogens is 1. The number of nitrogens with two attached hydrogens (primary N) is 1. The van der Waals surface area contributed by atoms with Crippen molar-refractivity contribution in [2.24, 2.45) is 5.73 Å². The minimum atomic E-state index is -0.839. The largest absolute Gasteiger partial charge is 0.324 e. The molecule has 0 saturated heterocycles. The fraction of sp³-hybridized carbons (Fsp3) is 0.0714. The van der Waals surface area contributed by atoms with E-state index < -0.39 is 16.9 Å². The summed E-state index contributed by atoms with van der Waals surface area (Å²) in [5.74, 6) is -0.433. The summed E-state index contributed by atoms with van der Waals surface area (Å²) >= 11 is 3.08. The van der Waals surface area contributed by atoms with Gasteiger partial charge in [0, 0.05) is 11.8 Å². The minimum Gasteiger partial charge on any atom is -0.324 e. The second-order valence-corrected chi connectivity index (χ2v) is 5.16. The van der Waals surface area contributed by atoms with Crippen molar-refractivity contribution in [2.45, 2.75) is 6.04 Å². The lowest BCUT2D eigenvalue weighted by Gasteiger charge is -2.12. The first kappa shape index (κ1) is 15.1.